The van der Waals surface area contributed by atoms with Crippen molar-refractivity contribution in [2.75, 3.05) is 18.4 Å². The van der Waals surface area contributed by atoms with Gasteiger partial charge in [-0.1, -0.05) is 12.1 Å². The van der Waals surface area contributed by atoms with E-state index < -0.39 is 0 Å². The number of amides is 1. The van der Waals surface area contributed by atoms with Crippen LogP contribution in [-0.4, -0.2) is 24.0 Å². The first-order valence-electron chi connectivity index (χ1n) is 7.16. The highest BCUT2D eigenvalue weighted by Crippen LogP contribution is 2.23. The van der Waals surface area contributed by atoms with E-state index in [1.54, 1.807) is 6.20 Å². The summed E-state index contributed by atoms with van der Waals surface area (Å²) in [6.45, 7) is 2.13. The number of nitrogens with zero attached hydrogens (tertiary/aromatic N) is 1. The number of nitrogens with one attached hydrogen (secondary N) is 2. The van der Waals surface area contributed by atoms with Crippen LogP contribution in [0.4, 0.5) is 5.69 Å². The fraction of sp³-hybridized carbons (Fsp3) is 0.375. The summed E-state index contributed by atoms with van der Waals surface area (Å²) in [5.41, 5.74) is 0.874. The summed E-state index contributed by atoms with van der Waals surface area (Å²) < 4.78 is 0. The van der Waals surface area contributed by atoms with E-state index in [4.69, 9.17) is 0 Å². The first kappa shape index (κ1) is 13.1. The van der Waals surface area contributed by atoms with E-state index in [-0.39, 0.29) is 5.91 Å². The van der Waals surface area contributed by atoms with Crippen molar-refractivity contribution < 1.29 is 4.79 Å². The zero-order valence-electron chi connectivity index (χ0n) is 11.4. The summed E-state index contributed by atoms with van der Waals surface area (Å²) in [4.78, 5) is 16.2. The lowest BCUT2D eigenvalue weighted by molar-refractivity contribution is -0.116. The van der Waals surface area contributed by atoms with Gasteiger partial charge in [-0.15, -0.1) is 0 Å². The number of hydrogen-bond acceptors (Lipinski definition) is 3. The van der Waals surface area contributed by atoms with Gasteiger partial charge in [-0.25, -0.2) is 0 Å². The maximum absolute atomic E-state index is 12.1. The van der Waals surface area contributed by atoms with Gasteiger partial charge in [0.1, 0.15) is 0 Å². The molecule has 1 atom stereocenters. The third-order valence-corrected chi connectivity index (χ3v) is 3.90. The molecule has 4 heteroatoms. The number of fused-ring (bicyclic) bond motifs is 1. The quantitative estimate of drug-likeness (QED) is 0.897. The Balaban J connectivity index is 1.65. The second-order valence-corrected chi connectivity index (χ2v) is 5.35. The fourth-order valence-corrected chi connectivity index (χ4v) is 2.74. The molecule has 3 rings (SSSR count). The molecule has 1 amide bonds. The Bertz CT molecular complexity index is 600. The van der Waals surface area contributed by atoms with Crippen LogP contribution in [-0.2, 0) is 4.79 Å². The van der Waals surface area contributed by atoms with Gasteiger partial charge in [-0.2, -0.15) is 0 Å². The third kappa shape index (κ3) is 2.96. The van der Waals surface area contributed by atoms with Gasteiger partial charge in [-0.3, -0.25) is 9.78 Å². The molecule has 1 fully saturated rings. The highest BCUT2D eigenvalue weighted by atomic mass is 16.1. The van der Waals surface area contributed by atoms with Gasteiger partial charge in [0.25, 0.3) is 0 Å². The Morgan fingerprint density at radius 2 is 2.35 bits per heavy atom. The zero-order valence-corrected chi connectivity index (χ0v) is 11.4. The van der Waals surface area contributed by atoms with Gasteiger partial charge in [-0.05, 0) is 44.0 Å². The molecule has 1 aliphatic rings. The lowest BCUT2D eigenvalue weighted by Gasteiger charge is -2.10. The van der Waals surface area contributed by atoms with E-state index in [1.165, 1.54) is 6.42 Å². The van der Waals surface area contributed by atoms with E-state index in [9.17, 15) is 4.79 Å². The molecule has 0 spiro atoms. The fourth-order valence-electron chi connectivity index (χ4n) is 2.74. The minimum atomic E-state index is 0.0983. The monoisotopic (exact) mass is 269 g/mol. The molecule has 104 valence electrons. The van der Waals surface area contributed by atoms with Crippen molar-refractivity contribution in [3.8, 4) is 0 Å². The number of carbonyl (C=O) groups excluding carboxylic acids is 1. The average Bonchev–Trinajstić information content (AvgIpc) is 2.99. The van der Waals surface area contributed by atoms with Gasteiger partial charge in [0.15, 0.2) is 0 Å². The maximum Gasteiger partial charge on any atom is 0.224 e. The molecule has 0 saturated carbocycles. The number of rotatable bonds is 4. The predicted octanol–water partition coefficient (Wildman–Crippen LogP) is 2.56. The Morgan fingerprint density at radius 1 is 1.40 bits per heavy atom. The summed E-state index contributed by atoms with van der Waals surface area (Å²) in [5, 5.41) is 8.44. The highest BCUT2D eigenvalue weighted by Gasteiger charge is 2.15. The lowest BCUT2D eigenvalue weighted by Crippen LogP contribution is -2.15. The Hall–Kier alpha value is -1.94. The van der Waals surface area contributed by atoms with Gasteiger partial charge in [0.05, 0.1) is 0 Å². The van der Waals surface area contributed by atoms with Crippen LogP contribution >= 0.6 is 0 Å². The summed E-state index contributed by atoms with van der Waals surface area (Å²) in [6, 6.07) is 7.83. The van der Waals surface area contributed by atoms with Crippen molar-refractivity contribution in [1.29, 1.82) is 0 Å². The smallest absolute Gasteiger partial charge is 0.224 e. The summed E-state index contributed by atoms with van der Waals surface area (Å²) >= 11 is 0. The van der Waals surface area contributed by atoms with Crippen LogP contribution in [0, 0.1) is 5.92 Å². The SMILES string of the molecule is O=C(CCC1CCNC1)Nc1cccc2cnccc12. The highest BCUT2D eigenvalue weighted by molar-refractivity contribution is 6.01. The molecule has 0 radical (unpaired) electrons. The molecule has 1 aliphatic heterocycles. The van der Waals surface area contributed by atoms with Crippen LogP contribution in [0.3, 0.4) is 0 Å². The first-order chi connectivity index (χ1) is 9.83. The molecule has 1 aromatic carbocycles. The van der Waals surface area contributed by atoms with E-state index in [0.717, 1.165) is 36.0 Å². The molecule has 2 N–H and O–H groups in total. The van der Waals surface area contributed by atoms with Crippen molar-refractivity contribution in [3.63, 3.8) is 0 Å². The van der Waals surface area contributed by atoms with E-state index in [2.05, 4.69) is 15.6 Å². The largest absolute Gasteiger partial charge is 0.326 e. The Labute approximate surface area is 118 Å². The lowest BCUT2D eigenvalue weighted by atomic mass is 10.0. The molecule has 0 bridgehead atoms. The summed E-state index contributed by atoms with van der Waals surface area (Å²) in [6.07, 6.45) is 6.31. The Kier molecular flexibility index (Phi) is 3.92. The van der Waals surface area contributed by atoms with Crippen LogP contribution in [0.1, 0.15) is 19.3 Å². The second-order valence-electron chi connectivity index (χ2n) is 5.35. The number of benzene rings is 1. The van der Waals surface area contributed by atoms with E-state index >= 15 is 0 Å². The molecule has 1 unspecified atom stereocenters. The van der Waals surface area contributed by atoms with Gasteiger partial charge in [0.2, 0.25) is 5.91 Å². The van der Waals surface area contributed by atoms with Crippen LogP contribution in [0.5, 0.6) is 0 Å². The minimum Gasteiger partial charge on any atom is -0.326 e. The number of anilines is 1. The molecule has 1 aromatic heterocycles. The standard InChI is InChI=1S/C16H19N3O/c20-16(5-4-12-6-8-17-10-12)19-15-3-1-2-13-11-18-9-7-14(13)15/h1-3,7,9,11-12,17H,4-6,8,10H2,(H,19,20). The molecule has 20 heavy (non-hydrogen) atoms. The van der Waals surface area contributed by atoms with E-state index in [0.29, 0.717) is 12.3 Å². The Morgan fingerprint density at radius 3 is 3.20 bits per heavy atom. The minimum absolute atomic E-state index is 0.0983. The predicted molar refractivity (Wildman–Crippen MR) is 80.6 cm³/mol. The van der Waals surface area contributed by atoms with Crippen molar-refractivity contribution in [3.05, 3.63) is 36.7 Å². The number of aromatic nitrogens is 1. The van der Waals surface area contributed by atoms with Gasteiger partial charge in [0, 0.05) is 35.3 Å². The van der Waals surface area contributed by atoms with Gasteiger partial charge >= 0.3 is 0 Å². The number of hydrogen-bond donors (Lipinski definition) is 2. The van der Waals surface area contributed by atoms with Crippen LogP contribution in [0.15, 0.2) is 36.7 Å². The summed E-state index contributed by atoms with van der Waals surface area (Å²) in [7, 11) is 0. The normalized spacial score (nSPS) is 18.3. The molecule has 1 saturated heterocycles. The van der Waals surface area contributed by atoms with Crippen molar-refractivity contribution in [2.45, 2.75) is 19.3 Å². The van der Waals surface area contributed by atoms with Gasteiger partial charge < -0.3 is 10.6 Å². The third-order valence-electron chi connectivity index (χ3n) is 3.90. The molecule has 4 nitrogen and oxygen atoms in total. The second kappa shape index (κ2) is 6.01. The first-order valence-corrected chi connectivity index (χ1v) is 7.16. The van der Waals surface area contributed by atoms with Crippen molar-refractivity contribution in [1.82, 2.24) is 10.3 Å². The average molecular weight is 269 g/mol. The summed E-state index contributed by atoms with van der Waals surface area (Å²) in [5.74, 6) is 0.749. The maximum atomic E-state index is 12.1. The van der Waals surface area contributed by atoms with Crippen molar-refractivity contribution in [2.24, 2.45) is 5.92 Å². The van der Waals surface area contributed by atoms with Crippen molar-refractivity contribution >= 4 is 22.4 Å². The van der Waals surface area contributed by atoms with Crippen LogP contribution in [0.2, 0.25) is 0 Å². The van der Waals surface area contributed by atoms with Crippen LogP contribution in [0.25, 0.3) is 10.8 Å². The topological polar surface area (TPSA) is 54.0 Å². The molecular formula is C16H19N3O. The molecule has 2 heterocycles. The van der Waals surface area contributed by atoms with E-state index in [1.807, 2.05) is 30.5 Å². The molecular weight excluding hydrogens is 250 g/mol. The molecule has 0 aliphatic carbocycles. The van der Waals surface area contributed by atoms with Crippen LogP contribution < -0.4 is 10.6 Å². The number of pyridine rings is 1. The molecule has 2 aromatic rings. The zero-order chi connectivity index (χ0) is 13.8. The number of carbonyl (C=O) groups is 1.